The topological polar surface area (TPSA) is 70.7 Å². The van der Waals surface area contributed by atoms with Crippen LogP contribution < -0.4 is 15.4 Å². The molecule has 0 unspecified atom stereocenters. The maximum absolute atomic E-state index is 12.4. The molecule has 0 saturated heterocycles. The van der Waals surface area contributed by atoms with E-state index in [9.17, 15) is 9.59 Å². The van der Waals surface area contributed by atoms with Crippen LogP contribution in [-0.2, 0) is 6.54 Å². The molecule has 6 heteroatoms. The molecular weight excluding hydrogens is 330 g/mol. The first kappa shape index (κ1) is 17.8. The second kappa shape index (κ2) is 7.91. The van der Waals surface area contributed by atoms with Crippen LogP contribution in [0, 0.1) is 0 Å². The average molecular weight is 353 g/mol. The number of benzene rings is 2. The number of nitrogens with zero attached hydrogens (tertiary/aromatic N) is 1. The van der Waals surface area contributed by atoms with Gasteiger partial charge in [0.25, 0.3) is 5.91 Å². The maximum atomic E-state index is 12.4. The van der Waals surface area contributed by atoms with Crippen molar-refractivity contribution in [3.05, 3.63) is 59.7 Å². The largest absolute Gasteiger partial charge is 0.497 e. The molecular formula is C20H23N3O3. The highest BCUT2D eigenvalue weighted by Crippen LogP contribution is 2.20. The smallest absolute Gasteiger partial charge is 0.321 e. The Hall–Kier alpha value is -3.02. The number of hydrogen-bond acceptors (Lipinski definition) is 3. The summed E-state index contributed by atoms with van der Waals surface area (Å²) in [4.78, 5) is 26.1. The van der Waals surface area contributed by atoms with Gasteiger partial charge in [-0.2, -0.15) is 0 Å². The monoisotopic (exact) mass is 353 g/mol. The Morgan fingerprint density at radius 1 is 1.15 bits per heavy atom. The van der Waals surface area contributed by atoms with Crippen molar-refractivity contribution in [1.82, 2.24) is 10.2 Å². The van der Waals surface area contributed by atoms with Crippen LogP contribution in [0.15, 0.2) is 48.5 Å². The minimum absolute atomic E-state index is 0.102. The molecule has 0 spiro atoms. The van der Waals surface area contributed by atoms with Gasteiger partial charge in [-0.15, -0.1) is 0 Å². The molecule has 1 aliphatic carbocycles. The third-order valence-corrected chi connectivity index (χ3v) is 4.21. The number of carbonyl (C=O) groups is 2. The van der Waals surface area contributed by atoms with E-state index >= 15 is 0 Å². The SMILES string of the molecule is COc1ccc(CN(C)C(=O)Nc2cccc(C(=O)NC3CC3)c2)cc1. The lowest BCUT2D eigenvalue weighted by atomic mass is 10.2. The lowest BCUT2D eigenvalue weighted by Crippen LogP contribution is -2.31. The number of ether oxygens (including phenoxy) is 1. The lowest BCUT2D eigenvalue weighted by molar-refractivity contribution is 0.0951. The van der Waals surface area contributed by atoms with Crippen LogP contribution in [0.3, 0.4) is 0 Å². The zero-order chi connectivity index (χ0) is 18.5. The van der Waals surface area contributed by atoms with E-state index in [2.05, 4.69) is 10.6 Å². The number of hydrogen-bond donors (Lipinski definition) is 2. The molecule has 2 aromatic rings. The van der Waals surface area contributed by atoms with Crippen molar-refractivity contribution in [2.75, 3.05) is 19.5 Å². The van der Waals surface area contributed by atoms with Gasteiger partial charge in [0, 0.05) is 30.9 Å². The third-order valence-electron chi connectivity index (χ3n) is 4.21. The minimum Gasteiger partial charge on any atom is -0.497 e. The second-order valence-corrected chi connectivity index (χ2v) is 6.46. The van der Waals surface area contributed by atoms with Crippen molar-refractivity contribution < 1.29 is 14.3 Å². The van der Waals surface area contributed by atoms with Crippen LogP contribution in [0.25, 0.3) is 0 Å². The molecule has 0 heterocycles. The van der Waals surface area contributed by atoms with Gasteiger partial charge in [-0.1, -0.05) is 18.2 Å². The highest BCUT2D eigenvalue weighted by Gasteiger charge is 2.23. The van der Waals surface area contributed by atoms with E-state index in [-0.39, 0.29) is 11.9 Å². The van der Waals surface area contributed by atoms with E-state index in [4.69, 9.17) is 4.74 Å². The Balaban J connectivity index is 1.58. The molecule has 3 amide bonds. The van der Waals surface area contributed by atoms with E-state index in [1.54, 1.807) is 43.3 Å². The van der Waals surface area contributed by atoms with Gasteiger partial charge in [0.15, 0.2) is 0 Å². The number of anilines is 1. The molecule has 1 saturated carbocycles. The Bertz CT molecular complexity index is 785. The summed E-state index contributed by atoms with van der Waals surface area (Å²) in [6.07, 6.45) is 2.08. The molecule has 2 N–H and O–H groups in total. The summed E-state index contributed by atoms with van der Waals surface area (Å²) in [7, 11) is 3.34. The van der Waals surface area contributed by atoms with Crippen molar-refractivity contribution >= 4 is 17.6 Å². The normalized spacial score (nSPS) is 13.0. The van der Waals surface area contributed by atoms with Crippen LogP contribution in [0.2, 0.25) is 0 Å². The van der Waals surface area contributed by atoms with E-state index in [0.717, 1.165) is 24.2 Å². The number of amides is 3. The fourth-order valence-electron chi connectivity index (χ4n) is 2.53. The van der Waals surface area contributed by atoms with Gasteiger partial charge in [0.1, 0.15) is 5.75 Å². The summed E-state index contributed by atoms with van der Waals surface area (Å²) in [6.45, 7) is 0.470. The standard InChI is InChI=1S/C20H23N3O3/c1-23(13-14-6-10-18(26-2)11-7-14)20(25)22-17-5-3-4-15(12-17)19(24)21-16-8-9-16/h3-7,10-12,16H,8-9,13H2,1-2H3,(H,21,24)(H,22,25). The van der Waals surface area contributed by atoms with Crippen LogP contribution in [0.4, 0.5) is 10.5 Å². The average Bonchev–Trinajstić information content (AvgIpc) is 3.46. The van der Waals surface area contributed by atoms with Crippen molar-refractivity contribution in [3.8, 4) is 5.75 Å². The molecule has 0 aliphatic heterocycles. The van der Waals surface area contributed by atoms with Crippen LogP contribution in [0.5, 0.6) is 5.75 Å². The third kappa shape index (κ3) is 4.75. The summed E-state index contributed by atoms with van der Waals surface area (Å²) < 4.78 is 5.13. The van der Waals surface area contributed by atoms with Gasteiger partial charge in [-0.3, -0.25) is 4.79 Å². The summed E-state index contributed by atoms with van der Waals surface area (Å²) >= 11 is 0. The second-order valence-electron chi connectivity index (χ2n) is 6.46. The molecule has 0 bridgehead atoms. The first-order valence-corrected chi connectivity index (χ1v) is 8.61. The van der Waals surface area contributed by atoms with Gasteiger partial charge in [-0.05, 0) is 48.7 Å². The number of nitrogens with one attached hydrogen (secondary N) is 2. The fraction of sp³-hybridized carbons (Fsp3) is 0.300. The predicted octanol–water partition coefficient (Wildman–Crippen LogP) is 3.25. The van der Waals surface area contributed by atoms with E-state index in [1.165, 1.54) is 0 Å². The highest BCUT2D eigenvalue weighted by atomic mass is 16.5. The maximum Gasteiger partial charge on any atom is 0.321 e. The van der Waals surface area contributed by atoms with Gasteiger partial charge in [0.2, 0.25) is 0 Å². The van der Waals surface area contributed by atoms with Crippen LogP contribution in [0.1, 0.15) is 28.8 Å². The minimum atomic E-state index is -0.236. The van der Waals surface area contributed by atoms with E-state index in [1.807, 2.05) is 24.3 Å². The molecule has 1 fully saturated rings. The molecule has 0 radical (unpaired) electrons. The zero-order valence-electron chi connectivity index (χ0n) is 15.0. The summed E-state index contributed by atoms with van der Waals surface area (Å²) in [5.41, 5.74) is 2.15. The van der Waals surface area contributed by atoms with E-state index in [0.29, 0.717) is 23.8 Å². The molecule has 1 aliphatic rings. The Morgan fingerprint density at radius 3 is 2.54 bits per heavy atom. The Kier molecular flexibility index (Phi) is 5.41. The molecule has 0 atom stereocenters. The van der Waals surface area contributed by atoms with Crippen molar-refractivity contribution in [2.45, 2.75) is 25.4 Å². The van der Waals surface area contributed by atoms with Crippen molar-refractivity contribution in [2.24, 2.45) is 0 Å². The van der Waals surface area contributed by atoms with Crippen LogP contribution >= 0.6 is 0 Å². The van der Waals surface area contributed by atoms with E-state index < -0.39 is 0 Å². The zero-order valence-corrected chi connectivity index (χ0v) is 15.0. The van der Waals surface area contributed by atoms with Crippen molar-refractivity contribution in [1.29, 1.82) is 0 Å². The van der Waals surface area contributed by atoms with Gasteiger partial charge < -0.3 is 20.3 Å². The first-order valence-electron chi connectivity index (χ1n) is 8.61. The molecule has 3 rings (SSSR count). The summed E-state index contributed by atoms with van der Waals surface area (Å²) in [6, 6.07) is 14.6. The number of rotatable bonds is 6. The van der Waals surface area contributed by atoms with Crippen molar-refractivity contribution in [3.63, 3.8) is 0 Å². The van der Waals surface area contributed by atoms with Gasteiger partial charge >= 0.3 is 6.03 Å². The molecule has 6 nitrogen and oxygen atoms in total. The number of methoxy groups -OCH3 is 1. The quantitative estimate of drug-likeness (QED) is 0.837. The first-order chi connectivity index (χ1) is 12.5. The number of urea groups is 1. The number of carbonyl (C=O) groups excluding carboxylic acids is 2. The lowest BCUT2D eigenvalue weighted by Gasteiger charge is -2.18. The molecule has 136 valence electrons. The summed E-state index contributed by atoms with van der Waals surface area (Å²) in [5, 5.41) is 5.77. The Morgan fingerprint density at radius 2 is 1.88 bits per heavy atom. The van der Waals surface area contributed by atoms with Gasteiger partial charge in [0.05, 0.1) is 7.11 Å². The van der Waals surface area contributed by atoms with Gasteiger partial charge in [-0.25, -0.2) is 4.79 Å². The molecule has 26 heavy (non-hydrogen) atoms. The summed E-state index contributed by atoms with van der Waals surface area (Å²) in [5.74, 6) is 0.678. The Labute approximate surface area is 153 Å². The molecule has 0 aromatic heterocycles. The predicted molar refractivity (Wildman–Crippen MR) is 100 cm³/mol. The molecule has 2 aromatic carbocycles. The fourth-order valence-corrected chi connectivity index (χ4v) is 2.53. The highest BCUT2D eigenvalue weighted by molar-refractivity contribution is 5.97. The van der Waals surface area contributed by atoms with Crippen LogP contribution in [-0.4, -0.2) is 37.0 Å².